The van der Waals surface area contributed by atoms with Crippen molar-refractivity contribution in [3.05, 3.63) is 0 Å². The zero-order valence-corrected chi connectivity index (χ0v) is 69.6. The zero-order chi connectivity index (χ0) is 75.8. The van der Waals surface area contributed by atoms with Gasteiger partial charge in [0.05, 0.1) is 26.4 Å². The number of hydrogen-bond donors (Lipinski definition) is 3. The molecule has 3 N–H and O–H groups in total. The first kappa shape index (κ1) is 101. The fourth-order valence-corrected chi connectivity index (χ4v) is 14.6. The van der Waals surface area contributed by atoms with E-state index in [4.69, 9.17) is 37.0 Å². The maximum Gasteiger partial charge on any atom is 0.472 e. The number of rotatable bonds is 82. The molecule has 0 aliphatic rings. The lowest BCUT2D eigenvalue weighted by molar-refractivity contribution is -0.161. The van der Waals surface area contributed by atoms with Crippen molar-refractivity contribution in [3.8, 4) is 0 Å². The van der Waals surface area contributed by atoms with Crippen LogP contribution in [0.1, 0.15) is 440 Å². The van der Waals surface area contributed by atoms with Crippen LogP contribution in [0.3, 0.4) is 0 Å². The van der Waals surface area contributed by atoms with Crippen molar-refractivity contribution < 1.29 is 80.2 Å². The van der Waals surface area contributed by atoms with Crippen LogP contribution < -0.4 is 0 Å². The Balaban J connectivity index is 5.24. The molecule has 0 aliphatic carbocycles. The minimum absolute atomic E-state index is 0.108. The van der Waals surface area contributed by atoms with Gasteiger partial charge in [-0.15, -0.1) is 0 Å². The Kier molecular flexibility index (Phi) is 72.8. The molecule has 0 spiro atoms. The van der Waals surface area contributed by atoms with Gasteiger partial charge in [0.2, 0.25) is 0 Å². The highest BCUT2D eigenvalue weighted by Gasteiger charge is 2.30. The largest absolute Gasteiger partial charge is 0.472 e. The molecule has 0 heterocycles. The molecule has 0 saturated heterocycles. The highest BCUT2D eigenvalue weighted by Crippen LogP contribution is 2.45. The summed E-state index contributed by atoms with van der Waals surface area (Å²) >= 11 is 0. The Morgan fingerprint density at radius 3 is 0.738 bits per heavy atom. The Bertz CT molecular complexity index is 1990. The molecule has 103 heavy (non-hydrogen) atoms. The summed E-state index contributed by atoms with van der Waals surface area (Å²) < 4.78 is 68.8. The third kappa shape index (κ3) is 76.6. The van der Waals surface area contributed by atoms with Crippen molar-refractivity contribution in [2.75, 3.05) is 39.6 Å². The number of esters is 4. The molecule has 0 aromatic carbocycles. The molecule has 0 amide bonds. The standard InChI is InChI=1S/C84H164O17P2/c1-8-10-11-12-13-14-15-16-24-29-39-46-53-60-67-83(88)101-80(72-95-82(87)66-59-52-45-38-33-32-35-42-49-56-63-76(5)6)74-99-103(92,93)97-70-78(85)69-96-102(90,91)98-73-79(71-94-81(86)65-58-51-44-37-31-26-27-34-41-48-55-62-75(3)4)100-84(89)68-61-54-47-40-30-25-22-20-18-17-19-21-23-28-36-43-50-57-64-77(7)9-2/h75-80,85H,8-74H2,1-7H3,(H,90,91)(H,92,93)/t77?,78-,79-,80-/m1/s1. The number of carbonyl (C=O) groups excluding carboxylic acids is 4. The van der Waals surface area contributed by atoms with E-state index >= 15 is 0 Å². The van der Waals surface area contributed by atoms with E-state index in [-0.39, 0.29) is 25.7 Å². The van der Waals surface area contributed by atoms with E-state index in [0.717, 1.165) is 108 Å². The number of ether oxygens (including phenoxy) is 4. The summed E-state index contributed by atoms with van der Waals surface area (Å²) in [6.07, 6.45) is 63.7. The number of hydrogen-bond acceptors (Lipinski definition) is 15. The molecule has 0 bridgehead atoms. The van der Waals surface area contributed by atoms with E-state index in [9.17, 15) is 43.2 Å². The molecular weight excluding hydrogens is 1340 g/mol. The number of carbonyl (C=O) groups is 4. The van der Waals surface area contributed by atoms with Crippen molar-refractivity contribution in [2.45, 2.75) is 458 Å². The molecule has 3 unspecified atom stereocenters. The van der Waals surface area contributed by atoms with Gasteiger partial charge >= 0.3 is 39.5 Å². The van der Waals surface area contributed by atoms with Gasteiger partial charge in [-0.05, 0) is 43.4 Å². The summed E-state index contributed by atoms with van der Waals surface area (Å²) in [5, 5.41) is 10.7. The Morgan fingerprint density at radius 1 is 0.282 bits per heavy atom. The third-order valence-corrected chi connectivity index (χ3v) is 21.9. The van der Waals surface area contributed by atoms with Crippen LogP contribution in [0.15, 0.2) is 0 Å². The van der Waals surface area contributed by atoms with E-state index in [2.05, 4.69) is 48.5 Å². The lowest BCUT2D eigenvalue weighted by Crippen LogP contribution is -2.30. The predicted octanol–water partition coefficient (Wildman–Crippen LogP) is 25.3. The number of phosphoric acid groups is 2. The van der Waals surface area contributed by atoms with E-state index in [1.165, 1.54) is 250 Å². The third-order valence-electron chi connectivity index (χ3n) is 20.0. The topological polar surface area (TPSA) is 237 Å². The van der Waals surface area contributed by atoms with Crippen LogP contribution in [0.25, 0.3) is 0 Å². The second kappa shape index (κ2) is 74.2. The summed E-state index contributed by atoms with van der Waals surface area (Å²) in [6.45, 7) is 12.0. The van der Waals surface area contributed by atoms with Gasteiger partial charge in [0.1, 0.15) is 19.3 Å². The van der Waals surface area contributed by atoms with Crippen LogP contribution in [-0.2, 0) is 65.4 Å². The SMILES string of the molecule is CCCCCCCCCCCCCCCCC(=O)O[C@H](COC(=O)CCCCCCCCCCCCC(C)C)COP(=O)(O)OC[C@H](O)COP(=O)(O)OC[C@@H](COC(=O)CCCCCCCCCCCCCC(C)C)OC(=O)CCCCCCCCCCCCCCCCCCCCC(C)CC. The van der Waals surface area contributed by atoms with Gasteiger partial charge in [-0.2, -0.15) is 0 Å². The van der Waals surface area contributed by atoms with Crippen molar-refractivity contribution in [1.82, 2.24) is 0 Å². The van der Waals surface area contributed by atoms with Gasteiger partial charge in [-0.3, -0.25) is 37.3 Å². The molecule has 0 saturated carbocycles. The number of unbranched alkanes of at least 4 members (excludes halogenated alkanes) is 49. The number of aliphatic hydroxyl groups excluding tert-OH is 1. The van der Waals surface area contributed by atoms with Crippen LogP contribution in [0, 0.1) is 17.8 Å². The molecule has 0 aromatic rings. The predicted molar refractivity (Wildman–Crippen MR) is 423 cm³/mol. The Morgan fingerprint density at radius 2 is 0.495 bits per heavy atom. The first-order valence-corrected chi connectivity index (χ1v) is 46.4. The first-order valence-electron chi connectivity index (χ1n) is 43.4. The average molecular weight is 1510 g/mol. The average Bonchev–Trinajstić information content (AvgIpc) is 0.910. The smallest absolute Gasteiger partial charge is 0.462 e. The fraction of sp³-hybridized carbons (Fsp3) is 0.952. The maximum atomic E-state index is 13.1. The Hall–Kier alpha value is -1.94. The quantitative estimate of drug-likeness (QED) is 0.0222. The molecule has 17 nitrogen and oxygen atoms in total. The van der Waals surface area contributed by atoms with Gasteiger partial charge in [0.25, 0.3) is 0 Å². The van der Waals surface area contributed by atoms with Gasteiger partial charge in [-0.1, -0.05) is 389 Å². The lowest BCUT2D eigenvalue weighted by atomic mass is 9.99. The number of phosphoric ester groups is 2. The van der Waals surface area contributed by atoms with E-state index < -0.39 is 97.5 Å². The van der Waals surface area contributed by atoms with Gasteiger partial charge in [-0.25, -0.2) is 9.13 Å². The first-order chi connectivity index (χ1) is 49.8. The molecule has 0 fully saturated rings. The van der Waals surface area contributed by atoms with Crippen LogP contribution in [0.2, 0.25) is 0 Å². The van der Waals surface area contributed by atoms with Crippen molar-refractivity contribution in [3.63, 3.8) is 0 Å². The molecule has 19 heteroatoms. The summed E-state index contributed by atoms with van der Waals surface area (Å²) in [6, 6.07) is 0. The Labute approximate surface area is 632 Å². The molecule has 0 aromatic heterocycles. The van der Waals surface area contributed by atoms with E-state index in [1.54, 1.807) is 0 Å². The molecule has 0 radical (unpaired) electrons. The van der Waals surface area contributed by atoms with Gasteiger partial charge < -0.3 is 33.8 Å². The van der Waals surface area contributed by atoms with Crippen molar-refractivity contribution in [2.24, 2.45) is 17.8 Å². The van der Waals surface area contributed by atoms with Gasteiger partial charge in [0, 0.05) is 25.7 Å². The highest BCUT2D eigenvalue weighted by molar-refractivity contribution is 7.47. The molecular formula is C84H164O17P2. The second-order valence-electron chi connectivity index (χ2n) is 31.4. The minimum atomic E-state index is -4.96. The molecule has 612 valence electrons. The summed E-state index contributed by atoms with van der Waals surface area (Å²) in [4.78, 5) is 73.2. The van der Waals surface area contributed by atoms with Crippen molar-refractivity contribution in [1.29, 1.82) is 0 Å². The zero-order valence-electron chi connectivity index (χ0n) is 67.8. The fourth-order valence-electron chi connectivity index (χ4n) is 13.0. The summed E-state index contributed by atoms with van der Waals surface area (Å²) in [5.41, 5.74) is 0. The molecule has 6 atom stereocenters. The summed E-state index contributed by atoms with van der Waals surface area (Å²) in [7, 11) is -9.93. The maximum absolute atomic E-state index is 13.1. The summed E-state index contributed by atoms with van der Waals surface area (Å²) in [5.74, 6) is 0.295. The highest BCUT2D eigenvalue weighted by atomic mass is 31.2. The van der Waals surface area contributed by atoms with Crippen molar-refractivity contribution >= 4 is 39.5 Å². The molecule has 0 aliphatic heterocycles. The van der Waals surface area contributed by atoms with Crippen LogP contribution in [0.5, 0.6) is 0 Å². The minimum Gasteiger partial charge on any atom is -0.462 e. The van der Waals surface area contributed by atoms with Gasteiger partial charge in [0.15, 0.2) is 12.2 Å². The lowest BCUT2D eigenvalue weighted by Gasteiger charge is -2.21. The molecule has 0 rings (SSSR count). The van der Waals surface area contributed by atoms with Crippen LogP contribution in [0.4, 0.5) is 0 Å². The number of aliphatic hydroxyl groups is 1. The second-order valence-corrected chi connectivity index (χ2v) is 34.3. The normalized spacial score (nSPS) is 14.2. The van der Waals surface area contributed by atoms with E-state index in [0.29, 0.717) is 25.7 Å². The van der Waals surface area contributed by atoms with Crippen LogP contribution >= 0.6 is 15.6 Å². The monoisotopic (exact) mass is 1510 g/mol. The van der Waals surface area contributed by atoms with E-state index in [1.807, 2.05) is 0 Å². The van der Waals surface area contributed by atoms with Crippen LogP contribution in [-0.4, -0.2) is 96.7 Å².